The fourth-order valence-corrected chi connectivity index (χ4v) is 7.05. The lowest BCUT2D eigenvalue weighted by atomic mass is 9.91. The number of hydrogen-bond donors (Lipinski definition) is 0. The SMILES string of the molecule is CCC(=O)[C@@H]1C[C@]23CCCCCCCCCc4cc(C)cc5c(C(C)=O)cn(c45)CC(=O)N1[C@@H]2C3. The highest BCUT2D eigenvalue weighted by atomic mass is 16.2. The van der Waals surface area contributed by atoms with Crippen molar-refractivity contribution in [3.8, 4) is 0 Å². The van der Waals surface area contributed by atoms with Crippen LogP contribution in [0.5, 0.6) is 0 Å². The van der Waals surface area contributed by atoms with Gasteiger partial charge in [-0.15, -0.1) is 0 Å². The van der Waals surface area contributed by atoms with Gasteiger partial charge in [0.05, 0.1) is 11.6 Å². The van der Waals surface area contributed by atoms with Crippen LogP contribution in [-0.4, -0.2) is 39.0 Å². The van der Waals surface area contributed by atoms with Gasteiger partial charge in [0.1, 0.15) is 6.54 Å². The van der Waals surface area contributed by atoms with Crippen molar-refractivity contribution in [2.24, 2.45) is 5.41 Å². The minimum absolute atomic E-state index is 0.0290. The van der Waals surface area contributed by atoms with Gasteiger partial charge in [-0.1, -0.05) is 57.1 Å². The number of hydrogen-bond acceptors (Lipinski definition) is 3. The number of carbonyl (C=O) groups is 3. The molecule has 0 N–H and O–H groups in total. The van der Waals surface area contributed by atoms with Gasteiger partial charge >= 0.3 is 0 Å². The lowest BCUT2D eigenvalue weighted by Crippen LogP contribution is -2.44. The number of benzene rings is 1. The first-order chi connectivity index (χ1) is 16.8. The van der Waals surface area contributed by atoms with Gasteiger partial charge in [-0.2, -0.15) is 0 Å². The summed E-state index contributed by atoms with van der Waals surface area (Å²) in [6.07, 6.45) is 15.0. The zero-order valence-corrected chi connectivity index (χ0v) is 21.7. The van der Waals surface area contributed by atoms with E-state index in [2.05, 4.69) is 19.1 Å². The molecule has 0 spiro atoms. The second-order valence-electron chi connectivity index (χ2n) is 11.4. The molecule has 3 atom stereocenters. The Morgan fingerprint density at radius 1 is 1.03 bits per heavy atom. The average Bonchev–Trinajstić information content (AvgIpc) is 3.23. The van der Waals surface area contributed by atoms with Crippen LogP contribution in [0.2, 0.25) is 0 Å². The monoisotopic (exact) mass is 476 g/mol. The summed E-state index contributed by atoms with van der Waals surface area (Å²) >= 11 is 0. The quantitative estimate of drug-likeness (QED) is 0.498. The first-order valence-corrected chi connectivity index (χ1v) is 13.8. The normalized spacial score (nSPS) is 27.5. The van der Waals surface area contributed by atoms with E-state index in [9.17, 15) is 14.4 Å². The zero-order valence-electron chi connectivity index (χ0n) is 21.7. The summed E-state index contributed by atoms with van der Waals surface area (Å²) in [4.78, 5) is 41.3. The molecule has 1 amide bonds. The molecule has 1 saturated carbocycles. The van der Waals surface area contributed by atoms with Crippen LogP contribution in [0, 0.1) is 12.3 Å². The van der Waals surface area contributed by atoms with Crippen molar-refractivity contribution in [2.45, 2.75) is 116 Å². The van der Waals surface area contributed by atoms with Crippen molar-refractivity contribution in [3.05, 3.63) is 35.0 Å². The van der Waals surface area contributed by atoms with E-state index in [1.807, 2.05) is 22.6 Å². The molecule has 1 aliphatic carbocycles. The second kappa shape index (κ2) is 9.55. The number of amides is 1. The Labute approximate surface area is 209 Å². The maximum absolute atomic E-state index is 13.8. The van der Waals surface area contributed by atoms with Crippen LogP contribution in [0.15, 0.2) is 18.3 Å². The predicted octanol–water partition coefficient (Wildman–Crippen LogP) is 6.17. The molecule has 2 aliphatic heterocycles. The van der Waals surface area contributed by atoms with E-state index in [1.165, 1.54) is 44.1 Å². The van der Waals surface area contributed by atoms with Crippen LogP contribution in [0.25, 0.3) is 10.9 Å². The summed E-state index contributed by atoms with van der Waals surface area (Å²) in [5.41, 5.74) is 4.26. The van der Waals surface area contributed by atoms with Crippen molar-refractivity contribution in [1.82, 2.24) is 9.47 Å². The minimum atomic E-state index is -0.277. The molecular formula is C30H40N2O3. The molecule has 2 aromatic rings. The van der Waals surface area contributed by atoms with E-state index >= 15 is 0 Å². The van der Waals surface area contributed by atoms with E-state index in [-0.39, 0.29) is 41.5 Å². The van der Waals surface area contributed by atoms with Crippen molar-refractivity contribution in [3.63, 3.8) is 0 Å². The molecule has 1 saturated heterocycles. The lowest BCUT2D eigenvalue weighted by Gasteiger charge is -2.27. The smallest absolute Gasteiger partial charge is 0.243 e. The molecule has 5 rings (SSSR count). The Balaban J connectivity index is 1.55. The Kier molecular flexibility index (Phi) is 6.63. The number of aryl methyl sites for hydroxylation is 2. The fourth-order valence-electron chi connectivity index (χ4n) is 7.05. The van der Waals surface area contributed by atoms with Crippen LogP contribution in [0.3, 0.4) is 0 Å². The molecule has 1 aromatic heterocycles. The Hall–Kier alpha value is -2.43. The fraction of sp³-hybridized carbons (Fsp3) is 0.633. The molecule has 5 heteroatoms. The van der Waals surface area contributed by atoms with Crippen LogP contribution < -0.4 is 0 Å². The summed E-state index contributed by atoms with van der Waals surface area (Å²) in [6, 6.07) is 4.25. The number of piperidine rings is 1. The molecule has 3 heterocycles. The number of rotatable bonds is 3. The maximum atomic E-state index is 13.8. The first kappa shape index (κ1) is 24.3. The average molecular weight is 477 g/mol. The van der Waals surface area contributed by atoms with Crippen molar-refractivity contribution >= 4 is 28.4 Å². The molecule has 188 valence electrons. The Morgan fingerprint density at radius 2 is 1.74 bits per heavy atom. The molecule has 0 unspecified atom stereocenters. The van der Waals surface area contributed by atoms with E-state index < -0.39 is 0 Å². The third-order valence-corrected chi connectivity index (χ3v) is 8.93. The highest BCUT2D eigenvalue weighted by Gasteiger charge is 2.65. The van der Waals surface area contributed by atoms with Crippen molar-refractivity contribution in [1.29, 1.82) is 0 Å². The topological polar surface area (TPSA) is 59.4 Å². The maximum Gasteiger partial charge on any atom is 0.243 e. The lowest BCUT2D eigenvalue weighted by molar-refractivity contribution is -0.139. The van der Waals surface area contributed by atoms with Gasteiger partial charge in [-0.3, -0.25) is 14.4 Å². The van der Waals surface area contributed by atoms with Gasteiger partial charge < -0.3 is 9.47 Å². The number of carbonyl (C=O) groups excluding carboxylic acids is 3. The van der Waals surface area contributed by atoms with E-state index in [0.29, 0.717) is 12.0 Å². The minimum Gasteiger partial charge on any atom is -0.337 e. The molecule has 35 heavy (non-hydrogen) atoms. The molecule has 0 radical (unpaired) electrons. The summed E-state index contributed by atoms with van der Waals surface area (Å²) in [5.74, 6) is 0.253. The third kappa shape index (κ3) is 4.47. The molecule has 5 nitrogen and oxygen atoms in total. The van der Waals surface area contributed by atoms with Gasteiger partial charge in [0, 0.05) is 29.6 Å². The number of Topliss-reactive ketones (excluding diaryl/α,β-unsaturated/α-hetero) is 2. The second-order valence-corrected chi connectivity index (χ2v) is 11.4. The van der Waals surface area contributed by atoms with Gasteiger partial charge in [0.2, 0.25) is 5.91 Å². The molecule has 2 bridgehead atoms. The van der Waals surface area contributed by atoms with Gasteiger partial charge in [-0.05, 0) is 63.0 Å². The van der Waals surface area contributed by atoms with Gasteiger partial charge in [0.15, 0.2) is 11.6 Å². The summed E-state index contributed by atoms with van der Waals surface area (Å²) in [5, 5.41) is 0.960. The number of nitrogens with zero attached hydrogens (tertiary/aromatic N) is 2. The van der Waals surface area contributed by atoms with Gasteiger partial charge in [0.25, 0.3) is 0 Å². The molecule has 1 aromatic carbocycles. The Morgan fingerprint density at radius 3 is 2.46 bits per heavy atom. The van der Waals surface area contributed by atoms with E-state index in [0.717, 1.165) is 48.6 Å². The van der Waals surface area contributed by atoms with Crippen LogP contribution >= 0.6 is 0 Å². The number of aromatic nitrogens is 1. The highest BCUT2D eigenvalue weighted by Crippen LogP contribution is 2.62. The molecule has 2 fully saturated rings. The van der Waals surface area contributed by atoms with Crippen LogP contribution in [0.1, 0.15) is 106 Å². The first-order valence-electron chi connectivity index (χ1n) is 13.8. The summed E-state index contributed by atoms with van der Waals surface area (Å²) in [7, 11) is 0. The van der Waals surface area contributed by atoms with Crippen LogP contribution in [-0.2, 0) is 22.6 Å². The van der Waals surface area contributed by atoms with Crippen molar-refractivity contribution in [2.75, 3.05) is 0 Å². The summed E-state index contributed by atoms with van der Waals surface area (Å²) < 4.78 is 2.01. The van der Waals surface area contributed by atoms with Gasteiger partial charge in [-0.25, -0.2) is 0 Å². The van der Waals surface area contributed by atoms with Crippen LogP contribution in [0.4, 0.5) is 0 Å². The summed E-state index contributed by atoms with van der Waals surface area (Å²) in [6.45, 7) is 5.80. The molecule has 3 aliphatic rings. The van der Waals surface area contributed by atoms with E-state index in [4.69, 9.17) is 0 Å². The van der Waals surface area contributed by atoms with Crippen molar-refractivity contribution < 1.29 is 14.4 Å². The predicted molar refractivity (Wildman–Crippen MR) is 139 cm³/mol. The zero-order chi connectivity index (χ0) is 24.7. The van der Waals surface area contributed by atoms with E-state index in [1.54, 1.807) is 6.92 Å². The highest BCUT2D eigenvalue weighted by molar-refractivity contribution is 6.08. The Bertz CT molecular complexity index is 1160. The third-order valence-electron chi connectivity index (χ3n) is 8.93. The largest absolute Gasteiger partial charge is 0.337 e. The standard InChI is InChI=1S/C30H40N2O3/c1-4-26(34)25-16-30-13-11-9-7-5-6-8-10-12-22-14-20(2)15-23-24(21(3)33)18-31(29(22)23)19-28(35)32(25)27(30)17-30/h14-15,18,25,27H,4-13,16-17,19H2,1-3H3/t25-,27+,30-/m0/s1. The number of ketones is 2. The molecular weight excluding hydrogens is 436 g/mol.